The van der Waals surface area contributed by atoms with Gasteiger partial charge in [-0.3, -0.25) is 9.36 Å². The molecular weight excluding hydrogens is 320 g/mol. The molecule has 0 saturated heterocycles. The molecule has 0 aliphatic rings. The van der Waals surface area contributed by atoms with Gasteiger partial charge in [-0.15, -0.1) is 0 Å². The summed E-state index contributed by atoms with van der Waals surface area (Å²) in [5.41, 5.74) is 10.9. The Balaban J connectivity index is 2.77. The highest BCUT2D eigenvalue weighted by Gasteiger charge is 2.12. The van der Waals surface area contributed by atoms with E-state index in [4.69, 9.17) is 35.2 Å². The summed E-state index contributed by atoms with van der Waals surface area (Å²) in [5, 5.41) is 0. The Morgan fingerprint density at radius 3 is 2.29 bits per heavy atom. The van der Waals surface area contributed by atoms with E-state index in [0.717, 1.165) is 36.7 Å². The highest BCUT2D eigenvalue weighted by molar-refractivity contribution is 7.80. The smallest absolute Gasteiger partial charge is 0.207 e. The van der Waals surface area contributed by atoms with E-state index in [1.54, 1.807) is 0 Å². The number of thiocarbonyl (C=S) groups is 1. The summed E-state index contributed by atoms with van der Waals surface area (Å²) in [4.78, 5) is 6.09. The second kappa shape index (κ2) is 5.82. The monoisotopic (exact) mass is 338 g/mol. The minimum absolute atomic E-state index is 0.422. The lowest BCUT2D eigenvalue weighted by Crippen LogP contribution is -2.17. The van der Waals surface area contributed by atoms with Crippen LogP contribution in [0.25, 0.3) is 0 Å². The summed E-state index contributed by atoms with van der Waals surface area (Å²) in [6, 6.07) is 2.01. The van der Waals surface area contributed by atoms with Crippen LogP contribution in [-0.4, -0.2) is 14.4 Å². The van der Waals surface area contributed by atoms with Crippen molar-refractivity contribution in [3.63, 3.8) is 0 Å². The Labute approximate surface area is 138 Å². The molecule has 0 fully saturated rings. The lowest BCUT2D eigenvalue weighted by atomic mass is 9.98. The van der Waals surface area contributed by atoms with Gasteiger partial charge < -0.3 is 5.73 Å². The summed E-state index contributed by atoms with van der Waals surface area (Å²) >= 11 is 11.9. The number of rotatable bonds is 2. The molecule has 0 saturated carbocycles. The highest BCUT2D eigenvalue weighted by Crippen LogP contribution is 2.28. The second-order valence-electron chi connectivity index (χ2n) is 5.01. The van der Waals surface area contributed by atoms with Crippen LogP contribution in [0.1, 0.15) is 22.3 Å². The van der Waals surface area contributed by atoms with Gasteiger partial charge >= 0.3 is 0 Å². The third-order valence-electron chi connectivity index (χ3n) is 3.70. The van der Waals surface area contributed by atoms with Crippen LogP contribution in [0.4, 0.5) is 5.69 Å². The summed E-state index contributed by atoms with van der Waals surface area (Å²) < 4.78 is 4.64. The molecule has 0 atom stereocenters. The van der Waals surface area contributed by atoms with Gasteiger partial charge in [0.15, 0.2) is 3.95 Å². The fourth-order valence-electron chi connectivity index (χ4n) is 2.15. The van der Waals surface area contributed by atoms with Gasteiger partial charge in [-0.2, -0.15) is 0 Å². The van der Waals surface area contributed by atoms with E-state index in [2.05, 4.69) is 0 Å². The molecule has 4 nitrogen and oxygen atoms in total. The number of nitrogens with zero attached hydrogens (tertiary/aromatic N) is 3. The number of hydrogen-bond donors (Lipinski definition) is 1. The Morgan fingerprint density at radius 1 is 1.19 bits per heavy atom. The zero-order valence-electron chi connectivity index (χ0n) is 12.7. The average Bonchev–Trinajstić information content (AvgIpc) is 2.66. The molecule has 0 unspecified atom stereocenters. The van der Waals surface area contributed by atoms with Crippen molar-refractivity contribution >= 4 is 46.4 Å². The molecule has 112 valence electrons. The third-order valence-corrected chi connectivity index (χ3v) is 5.41. The summed E-state index contributed by atoms with van der Waals surface area (Å²) in [5.74, 6) is 0. The van der Waals surface area contributed by atoms with Gasteiger partial charge in [0.1, 0.15) is 4.99 Å². The molecule has 2 aromatic rings. The van der Waals surface area contributed by atoms with Crippen LogP contribution in [0, 0.1) is 24.7 Å². The fraction of sp³-hybridized carbons (Fsp3) is 0.357. The number of nitrogens with two attached hydrogens (primary N) is 1. The third kappa shape index (κ3) is 2.86. The van der Waals surface area contributed by atoms with Crippen molar-refractivity contribution in [3.05, 3.63) is 37.1 Å². The van der Waals surface area contributed by atoms with Crippen LogP contribution in [0.15, 0.2) is 11.1 Å². The first-order valence-electron chi connectivity index (χ1n) is 6.42. The van der Waals surface area contributed by atoms with Crippen molar-refractivity contribution in [3.8, 4) is 0 Å². The first kappa shape index (κ1) is 16.1. The molecule has 0 amide bonds. The first-order valence-corrected chi connectivity index (χ1v) is 8.05. The Morgan fingerprint density at radius 2 is 1.81 bits per heavy atom. The molecule has 1 heterocycles. The first-order chi connectivity index (χ1) is 9.73. The molecule has 2 rings (SSSR count). The quantitative estimate of drug-likeness (QED) is 0.857. The lowest BCUT2D eigenvalue weighted by Gasteiger charge is -2.13. The highest BCUT2D eigenvalue weighted by atomic mass is 32.1. The van der Waals surface area contributed by atoms with Gasteiger partial charge in [-0.05, 0) is 55.7 Å². The number of aryl methyl sites for hydroxylation is 1. The van der Waals surface area contributed by atoms with Crippen molar-refractivity contribution in [2.45, 2.75) is 20.8 Å². The molecule has 1 aromatic heterocycles. The van der Waals surface area contributed by atoms with Crippen LogP contribution in [0.2, 0.25) is 0 Å². The molecular formula is C14H18N4S3. The topological polar surface area (TPSA) is 48.2 Å². The summed E-state index contributed by atoms with van der Waals surface area (Å²) in [7, 11) is 3.88. The van der Waals surface area contributed by atoms with E-state index >= 15 is 0 Å². The molecule has 0 aliphatic heterocycles. The predicted octanol–water partition coefficient (Wildman–Crippen LogP) is 2.95. The van der Waals surface area contributed by atoms with Gasteiger partial charge in [0.05, 0.1) is 5.69 Å². The Hall–Kier alpha value is -1.31. The molecule has 1 aromatic carbocycles. The van der Waals surface area contributed by atoms with Crippen molar-refractivity contribution in [2.75, 3.05) is 0 Å². The summed E-state index contributed by atoms with van der Waals surface area (Å²) in [6.45, 7) is 6.09. The zero-order chi connectivity index (χ0) is 15.9. The van der Waals surface area contributed by atoms with Crippen molar-refractivity contribution in [2.24, 2.45) is 24.8 Å². The van der Waals surface area contributed by atoms with E-state index in [9.17, 15) is 0 Å². The van der Waals surface area contributed by atoms with Crippen LogP contribution >= 0.6 is 35.8 Å². The van der Waals surface area contributed by atoms with Gasteiger partial charge in [-0.1, -0.05) is 23.6 Å². The van der Waals surface area contributed by atoms with E-state index in [1.807, 2.05) is 50.3 Å². The lowest BCUT2D eigenvalue weighted by molar-refractivity contribution is 0.567. The molecule has 2 N–H and O–H groups in total. The van der Waals surface area contributed by atoms with E-state index in [-0.39, 0.29) is 0 Å². The molecule has 0 spiro atoms. The largest absolute Gasteiger partial charge is 0.389 e. The van der Waals surface area contributed by atoms with E-state index in [1.165, 1.54) is 11.3 Å². The minimum Gasteiger partial charge on any atom is -0.389 e. The van der Waals surface area contributed by atoms with Gasteiger partial charge in [0.2, 0.25) is 4.80 Å². The Kier molecular flexibility index (Phi) is 4.46. The van der Waals surface area contributed by atoms with Gasteiger partial charge in [0, 0.05) is 19.7 Å². The maximum Gasteiger partial charge on any atom is 0.207 e. The van der Waals surface area contributed by atoms with Crippen molar-refractivity contribution in [1.82, 2.24) is 9.36 Å². The van der Waals surface area contributed by atoms with Crippen LogP contribution in [-0.2, 0) is 14.1 Å². The van der Waals surface area contributed by atoms with Gasteiger partial charge in [-0.25, -0.2) is 4.99 Å². The average molecular weight is 339 g/mol. The van der Waals surface area contributed by atoms with Crippen molar-refractivity contribution < 1.29 is 0 Å². The second-order valence-corrected chi connectivity index (χ2v) is 7.05. The van der Waals surface area contributed by atoms with Crippen LogP contribution in [0.5, 0.6) is 0 Å². The Bertz CT molecular complexity index is 852. The SMILES string of the molecule is Cc1cc(C(N)=S)c(C)c(C)c1N=c1sc(=S)n(C)n1C. The number of aromatic nitrogens is 2. The van der Waals surface area contributed by atoms with Crippen LogP contribution < -0.4 is 10.5 Å². The summed E-state index contributed by atoms with van der Waals surface area (Å²) in [6.07, 6.45) is 0. The normalized spacial score (nSPS) is 12.0. The standard InChI is InChI=1S/C14H18N4S3/c1-7-6-10(12(15)19)8(2)9(3)11(7)16-13-17(4)18(5)14(20)21-13/h6H,1-5H3,(H2,15,19). The van der Waals surface area contributed by atoms with Gasteiger partial charge in [0.25, 0.3) is 0 Å². The molecule has 7 heteroatoms. The number of benzene rings is 1. The fourth-order valence-corrected chi connectivity index (χ4v) is 3.51. The minimum atomic E-state index is 0.422. The molecule has 21 heavy (non-hydrogen) atoms. The van der Waals surface area contributed by atoms with Crippen molar-refractivity contribution in [1.29, 1.82) is 0 Å². The molecule has 0 radical (unpaired) electrons. The molecule has 0 aliphatic carbocycles. The number of hydrogen-bond acceptors (Lipinski definition) is 4. The van der Waals surface area contributed by atoms with E-state index < -0.39 is 0 Å². The maximum absolute atomic E-state index is 5.78. The van der Waals surface area contributed by atoms with Crippen LogP contribution in [0.3, 0.4) is 0 Å². The predicted molar refractivity (Wildman–Crippen MR) is 94.9 cm³/mol. The zero-order valence-corrected chi connectivity index (χ0v) is 15.2. The molecule has 0 bridgehead atoms. The van der Waals surface area contributed by atoms with E-state index in [0.29, 0.717) is 4.99 Å². The maximum atomic E-state index is 5.78.